The van der Waals surface area contributed by atoms with Crippen molar-refractivity contribution in [2.45, 2.75) is 18.9 Å². The highest BCUT2D eigenvalue weighted by Gasteiger charge is 2.24. The fourth-order valence-corrected chi connectivity index (χ4v) is 3.86. The number of aromatic nitrogens is 3. The van der Waals surface area contributed by atoms with Gasteiger partial charge in [0.05, 0.1) is 27.7 Å². The van der Waals surface area contributed by atoms with E-state index in [2.05, 4.69) is 30.5 Å². The second-order valence-corrected chi connectivity index (χ2v) is 7.53. The van der Waals surface area contributed by atoms with Gasteiger partial charge in [-0.15, -0.1) is 0 Å². The summed E-state index contributed by atoms with van der Waals surface area (Å²) in [7, 11) is 0. The first-order valence-electron chi connectivity index (χ1n) is 9.12. The molecule has 0 spiro atoms. The van der Waals surface area contributed by atoms with Crippen molar-refractivity contribution in [1.29, 1.82) is 0 Å². The SMILES string of the molecule is O=C(CNc1cccc(Cl)c1Cl)N[C@@H]1CCCN(c2ncnc3[nH]ccc23)C1. The predicted molar refractivity (Wildman–Crippen MR) is 112 cm³/mol. The largest absolute Gasteiger partial charge is 0.375 e. The van der Waals surface area contributed by atoms with Crippen LogP contribution in [0.4, 0.5) is 11.5 Å². The van der Waals surface area contributed by atoms with E-state index < -0.39 is 0 Å². The fraction of sp³-hybridized carbons (Fsp3) is 0.316. The number of hydrogen-bond donors (Lipinski definition) is 3. The summed E-state index contributed by atoms with van der Waals surface area (Å²) in [6.45, 7) is 1.74. The van der Waals surface area contributed by atoms with Gasteiger partial charge >= 0.3 is 0 Å². The maximum atomic E-state index is 12.4. The molecule has 0 bridgehead atoms. The summed E-state index contributed by atoms with van der Waals surface area (Å²) in [6.07, 6.45) is 5.34. The van der Waals surface area contributed by atoms with Crippen molar-refractivity contribution in [2.24, 2.45) is 0 Å². The molecule has 1 atom stereocenters. The number of benzene rings is 1. The lowest BCUT2D eigenvalue weighted by molar-refractivity contribution is -0.120. The Hall–Kier alpha value is -2.51. The minimum atomic E-state index is -0.0858. The van der Waals surface area contributed by atoms with Crippen LogP contribution in [0.3, 0.4) is 0 Å². The van der Waals surface area contributed by atoms with E-state index in [1.165, 1.54) is 0 Å². The van der Waals surface area contributed by atoms with Crippen molar-refractivity contribution >= 4 is 51.6 Å². The third-order valence-electron chi connectivity index (χ3n) is 4.81. The molecule has 1 fully saturated rings. The Balaban J connectivity index is 1.36. The van der Waals surface area contributed by atoms with Gasteiger partial charge in [0.15, 0.2) is 0 Å². The van der Waals surface area contributed by atoms with Gasteiger partial charge in [0, 0.05) is 25.3 Å². The van der Waals surface area contributed by atoms with Gasteiger partial charge < -0.3 is 20.5 Å². The average molecular weight is 419 g/mol. The van der Waals surface area contributed by atoms with Gasteiger partial charge in [-0.25, -0.2) is 9.97 Å². The molecule has 1 aliphatic rings. The zero-order valence-corrected chi connectivity index (χ0v) is 16.6. The lowest BCUT2D eigenvalue weighted by Crippen LogP contribution is -2.49. The molecular weight excluding hydrogens is 399 g/mol. The Bertz CT molecular complexity index is 991. The van der Waals surface area contributed by atoms with Crippen LogP contribution >= 0.6 is 23.2 Å². The minimum absolute atomic E-state index is 0.0573. The summed E-state index contributed by atoms with van der Waals surface area (Å²) in [4.78, 5) is 26.4. The van der Waals surface area contributed by atoms with Gasteiger partial charge in [-0.3, -0.25) is 4.79 Å². The minimum Gasteiger partial charge on any atom is -0.375 e. The number of H-pyrrole nitrogens is 1. The second-order valence-electron chi connectivity index (χ2n) is 6.74. The molecule has 9 heteroatoms. The smallest absolute Gasteiger partial charge is 0.239 e. The number of hydrogen-bond acceptors (Lipinski definition) is 5. The molecule has 3 heterocycles. The summed E-state index contributed by atoms with van der Waals surface area (Å²) in [5.74, 6) is 0.811. The number of rotatable bonds is 5. The molecule has 0 unspecified atom stereocenters. The monoisotopic (exact) mass is 418 g/mol. The van der Waals surface area contributed by atoms with E-state index in [1.807, 2.05) is 12.3 Å². The Kier molecular flexibility index (Phi) is 5.54. The molecule has 146 valence electrons. The number of halogens is 2. The number of anilines is 2. The van der Waals surface area contributed by atoms with Crippen LogP contribution in [-0.2, 0) is 4.79 Å². The van der Waals surface area contributed by atoms with E-state index in [4.69, 9.17) is 23.2 Å². The van der Waals surface area contributed by atoms with Crippen LogP contribution in [0.25, 0.3) is 11.0 Å². The molecule has 0 radical (unpaired) electrons. The van der Waals surface area contributed by atoms with Crippen molar-refractivity contribution in [3.05, 3.63) is 46.8 Å². The molecule has 28 heavy (non-hydrogen) atoms. The molecular formula is C19H20Cl2N6O. The Labute approximate surface area is 172 Å². The summed E-state index contributed by atoms with van der Waals surface area (Å²) in [6, 6.07) is 7.32. The van der Waals surface area contributed by atoms with Crippen molar-refractivity contribution in [1.82, 2.24) is 20.3 Å². The van der Waals surface area contributed by atoms with E-state index in [9.17, 15) is 4.79 Å². The number of amides is 1. The van der Waals surface area contributed by atoms with E-state index in [-0.39, 0.29) is 18.5 Å². The first kappa shape index (κ1) is 18.8. The molecule has 3 aromatic rings. The van der Waals surface area contributed by atoms with Gasteiger partial charge in [0.25, 0.3) is 0 Å². The molecule has 2 aromatic heterocycles. The van der Waals surface area contributed by atoms with E-state index >= 15 is 0 Å². The number of carbonyl (C=O) groups is 1. The molecule has 4 rings (SSSR count). The number of nitrogens with one attached hydrogen (secondary N) is 3. The highest BCUT2D eigenvalue weighted by atomic mass is 35.5. The molecule has 0 aliphatic carbocycles. The molecule has 1 aromatic carbocycles. The van der Waals surface area contributed by atoms with Gasteiger partial charge in [-0.1, -0.05) is 29.3 Å². The molecule has 7 nitrogen and oxygen atoms in total. The normalized spacial score (nSPS) is 16.9. The lowest BCUT2D eigenvalue weighted by Gasteiger charge is -2.34. The summed E-state index contributed by atoms with van der Waals surface area (Å²) >= 11 is 12.1. The maximum absolute atomic E-state index is 12.4. The van der Waals surface area contributed by atoms with Crippen LogP contribution < -0.4 is 15.5 Å². The van der Waals surface area contributed by atoms with Crippen LogP contribution in [0.2, 0.25) is 10.0 Å². The first-order valence-corrected chi connectivity index (χ1v) is 9.87. The lowest BCUT2D eigenvalue weighted by atomic mass is 10.1. The van der Waals surface area contributed by atoms with Crippen molar-refractivity contribution < 1.29 is 4.79 Å². The summed E-state index contributed by atoms with van der Waals surface area (Å²) < 4.78 is 0. The van der Waals surface area contributed by atoms with Gasteiger partial charge in [-0.05, 0) is 31.0 Å². The standard InChI is InChI=1S/C19H20Cl2N6O/c20-14-4-1-5-15(17(14)21)23-9-16(28)26-12-3-2-8-27(10-12)19-13-6-7-22-18(13)24-11-25-19/h1,4-7,11-12,23H,2-3,8-10H2,(H,26,28)(H,22,24,25)/t12-/m1/s1. The van der Waals surface area contributed by atoms with E-state index in [1.54, 1.807) is 24.5 Å². The topological polar surface area (TPSA) is 85.9 Å². The number of carbonyl (C=O) groups excluding carboxylic acids is 1. The predicted octanol–water partition coefficient (Wildman–Crippen LogP) is 3.46. The zero-order valence-electron chi connectivity index (χ0n) is 15.1. The highest BCUT2D eigenvalue weighted by molar-refractivity contribution is 6.43. The zero-order chi connectivity index (χ0) is 19.5. The van der Waals surface area contributed by atoms with Gasteiger partial charge in [-0.2, -0.15) is 0 Å². The molecule has 1 aliphatic heterocycles. The molecule has 3 N–H and O–H groups in total. The number of aromatic amines is 1. The number of piperidine rings is 1. The van der Waals surface area contributed by atoms with Crippen LogP contribution in [-0.4, -0.2) is 46.5 Å². The van der Waals surface area contributed by atoms with Crippen molar-refractivity contribution in [2.75, 3.05) is 29.9 Å². The van der Waals surface area contributed by atoms with Crippen LogP contribution in [0.15, 0.2) is 36.8 Å². The van der Waals surface area contributed by atoms with E-state index in [0.29, 0.717) is 22.3 Å². The molecule has 0 saturated carbocycles. The second kappa shape index (κ2) is 8.24. The number of fused-ring (bicyclic) bond motifs is 1. The van der Waals surface area contributed by atoms with Crippen molar-refractivity contribution in [3.63, 3.8) is 0 Å². The Morgan fingerprint density at radius 2 is 2.18 bits per heavy atom. The summed E-state index contributed by atoms with van der Waals surface area (Å²) in [5, 5.41) is 8.00. The van der Waals surface area contributed by atoms with Crippen LogP contribution in [0, 0.1) is 0 Å². The Morgan fingerprint density at radius 3 is 3.07 bits per heavy atom. The summed E-state index contributed by atoms with van der Waals surface area (Å²) in [5.41, 5.74) is 1.46. The third-order valence-corrected chi connectivity index (χ3v) is 5.63. The highest BCUT2D eigenvalue weighted by Crippen LogP contribution is 2.29. The fourth-order valence-electron chi connectivity index (χ4n) is 3.49. The quantitative estimate of drug-likeness (QED) is 0.590. The third kappa shape index (κ3) is 4.00. The van der Waals surface area contributed by atoms with Gasteiger partial charge in [0.2, 0.25) is 5.91 Å². The maximum Gasteiger partial charge on any atom is 0.239 e. The molecule has 1 saturated heterocycles. The average Bonchev–Trinajstić information content (AvgIpc) is 3.18. The molecule has 1 amide bonds. The van der Waals surface area contributed by atoms with E-state index in [0.717, 1.165) is 36.2 Å². The first-order chi connectivity index (χ1) is 13.6. The Morgan fingerprint density at radius 1 is 1.29 bits per heavy atom. The van der Waals surface area contributed by atoms with Crippen molar-refractivity contribution in [3.8, 4) is 0 Å². The van der Waals surface area contributed by atoms with Crippen LogP contribution in [0.5, 0.6) is 0 Å². The van der Waals surface area contributed by atoms with Crippen LogP contribution in [0.1, 0.15) is 12.8 Å². The number of nitrogens with zero attached hydrogens (tertiary/aromatic N) is 3. The van der Waals surface area contributed by atoms with Gasteiger partial charge in [0.1, 0.15) is 17.8 Å².